The van der Waals surface area contributed by atoms with Crippen molar-refractivity contribution in [3.8, 4) is 17.1 Å². The summed E-state index contributed by atoms with van der Waals surface area (Å²) in [6.45, 7) is 2.28. The Bertz CT molecular complexity index is 1110. The molecule has 11 heteroatoms. The molecule has 1 aliphatic heterocycles. The minimum absolute atomic E-state index is 0. The lowest BCUT2D eigenvalue weighted by Crippen LogP contribution is -2.30. The lowest BCUT2D eigenvalue weighted by molar-refractivity contribution is 0.102. The fourth-order valence-electron chi connectivity index (χ4n) is 3.42. The Morgan fingerprint density at radius 1 is 1.09 bits per heavy atom. The van der Waals surface area contributed by atoms with Gasteiger partial charge in [-0.2, -0.15) is 4.98 Å². The Morgan fingerprint density at radius 3 is 2.55 bits per heavy atom. The van der Waals surface area contributed by atoms with Gasteiger partial charge in [0.05, 0.1) is 18.4 Å². The number of piperidine rings is 1. The van der Waals surface area contributed by atoms with Crippen molar-refractivity contribution in [2.24, 2.45) is 5.92 Å². The number of benzene rings is 1. The normalized spacial score (nSPS) is 13.8. The first-order valence-electron chi connectivity index (χ1n) is 10.1. The van der Waals surface area contributed by atoms with Gasteiger partial charge in [0.2, 0.25) is 5.88 Å². The molecule has 2 N–H and O–H groups in total. The highest BCUT2D eigenvalue weighted by Crippen LogP contribution is 2.27. The predicted octanol–water partition coefficient (Wildman–Crippen LogP) is 4.01. The van der Waals surface area contributed by atoms with Crippen LogP contribution in [0.1, 0.15) is 23.3 Å². The SMILES string of the molecule is Cl.O=C(Nc1cncnc1OCC1CCNCC1)c1ccc(F)c(-c2c(F)cccc2F)n1. The van der Waals surface area contributed by atoms with Crippen LogP contribution in [0.5, 0.6) is 5.88 Å². The number of carbonyl (C=O) groups excluding carboxylic acids is 1. The van der Waals surface area contributed by atoms with Crippen LogP contribution in [0, 0.1) is 23.4 Å². The van der Waals surface area contributed by atoms with Crippen molar-refractivity contribution in [1.29, 1.82) is 0 Å². The number of hydrogen-bond acceptors (Lipinski definition) is 6. The van der Waals surface area contributed by atoms with Gasteiger partial charge in [0.25, 0.3) is 5.91 Å². The van der Waals surface area contributed by atoms with E-state index in [-0.39, 0.29) is 29.7 Å². The van der Waals surface area contributed by atoms with E-state index in [9.17, 15) is 18.0 Å². The van der Waals surface area contributed by atoms with Gasteiger partial charge in [-0.15, -0.1) is 12.4 Å². The number of nitrogens with one attached hydrogen (secondary N) is 2. The van der Waals surface area contributed by atoms with Crippen LogP contribution in [0.4, 0.5) is 18.9 Å². The molecule has 0 spiro atoms. The third-order valence-electron chi connectivity index (χ3n) is 5.12. The molecule has 7 nitrogen and oxygen atoms in total. The molecule has 1 aliphatic rings. The molecule has 1 fully saturated rings. The first kappa shape index (κ1) is 24.4. The number of amides is 1. The average molecular weight is 480 g/mol. The third-order valence-corrected chi connectivity index (χ3v) is 5.12. The molecule has 2 aromatic heterocycles. The van der Waals surface area contributed by atoms with Crippen LogP contribution < -0.4 is 15.4 Å². The zero-order chi connectivity index (χ0) is 22.5. The molecule has 0 aliphatic carbocycles. The monoisotopic (exact) mass is 479 g/mol. The summed E-state index contributed by atoms with van der Waals surface area (Å²) in [6.07, 6.45) is 4.61. The topological polar surface area (TPSA) is 89.0 Å². The average Bonchev–Trinajstić information content (AvgIpc) is 2.80. The van der Waals surface area contributed by atoms with E-state index >= 15 is 0 Å². The Balaban J connectivity index is 0.00000306. The molecule has 4 rings (SSSR count). The molecule has 1 saturated heterocycles. The summed E-state index contributed by atoms with van der Waals surface area (Å²) in [5, 5.41) is 5.85. The van der Waals surface area contributed by atoms with Crippen LogP contribution in [0.3, 0.4) is 0 Å². The van der Waals surface area contributed by atoms with E-state index in [1.165, 1.54) is 12.5 Å². The van der Waals surface area contributed by atoms with E-state index in [2.05, 4.69) is 25.6 Å². The van der Waals surface area contributed by atoms with E-state index in [0.29, 0.717) is 12.5 Å². The Labute approximate surface area is 194 Å². The van der Waals surface area contributed by atoms with Crippen LogP contribution in [-0.2, 0) is 0 Å². The van der Waals surface area contributed by atoms with Crippen molar-refractivity contribution in [2.75, 3.05) is 25.0 Å². The number of nitrogens with zero attached hydrogens (tertiary/aromatic N) is 3. The zero-order valence-electron chi connectivity index (χ0n) is 17.4. The second-order valence-electron chi connectivity index (χ2n) is 7.32. The van der Waals surface area contributed by atoms with Gasteiger partial charge in [0.15, 0.2) is 0 Å². The highest BCUT2D eigenvalue weighted by Gasteiger charge is 2.21. The summed E-state index contributed by atoms with van der Waals surface area (Å²) >= 11 is 0. The van der Waals surface area contributed by atoms with Crippen molar-refractivity contribution in [3.05, 3.63) is 66.0 Å². The number of rotatable bonds is 6. The van der Waals surface area contributed by atoms with Gasteiger partial charge in [-0.1, -0.05) is 6.07 Å². The fraction of sp³-hybridized carbons (Fsp3) is 0.273. The second kappa shape index (κ2) is 11.1. The molecule has 0 unspecified atom stereocenters. The lowest BCUT2D eigenvalue weighted by atomic mass is 9.99. The zero-order valence-corrected chi connectivity index (χ0v) is 18.2. The summed E-state index contributed by atoms with van der Waals surface area (Å²) in [6, 6.07) is 5.17. The summed E-state index contributed by atoms with van der Waals surface area (Å²) in [7, 11) is 0. The van der Waals surface area contributed by atoms with Gasteiger partial charge < -0.3 is 15.4 Å². The van der Waals surface area contributed by atoms with E-state index in [1.807, 2.05) is 0 Å². The van der Waals surface area contributed by atoms with E-state index in [4.69, 9.17) is 4.74 Å². The first-order chi connectivity index (χ1) is 15.5. The number of carbonyl (C=O) groups is 1. The number of ether oxygens (including phenoxy) is 1. The van der Waals surface area contributed by atoms with Gasteiger partial charge >= 0.3 is 0 Å². The van der Waals surface area contributed by atoms with E-state index in [1.54, 1.807) is 0 Å². The maximum atomic E-state index is 14.3. The Kier molecular flexibility index (Phi) is 8.18. The Hall–Kier alpha value is -3.24. The van der Waals surface area contributed by atoms with E-state index in [0.717, 1.165) is 56.3 Å². The van der Waals surface area contributed by atoms with Crippen LogP contribution >= 0.6 is 12.4 Å². The second-order valence-corrected chi connectivity index (χ2v) is 7.32. The summed E-state index contributed by atoms with van der Waals surface area (Å²) in [4.78, 5) is 24.6. The van der Waals surface area contributed by atoms with Gasteiger partial charge in [-0.3, -0.25) is 4.79 Å². The molecule has 3 heterocycles. The molecule has 33 heavy (non-hydrogen) atoms. The third kappa shape index (κ3) is 5.77. The maximum absolute atomic E-state index is 14.3. The molecule has 174 valence electrons. The van der Waals surface area contributed by atoms with Crippen molar-refractivity contribution in [1.82, 2.24) is 20.3 Å². The largest absolute Gasteiger partial charge is 0.476 e. The fourth-order valence-corrected chi connectivity index (χ4v) is 3.42. The lowest BCUT2D eigenvalue weighted by Gasteiger charge is -2.22. The minimum Gasteiger partial charge on any atom is -0.476 e. The highest BCUT2D eigenvalue weighted by atomic mass is 35.5. The predicted molar refractivity (Wildman–Crippen MR) is 118 cm³/mol. The highest BCUT2D eigenvalue weighted by molar-refractivity contribution is 6.03. The standard InChI is InChI=1S/C22H20F3N5O2.ClH/c23-14-2-1-3-15(24)19(14)20-16(25)4-5-17(29-20)21(31)30-18-10-27-12-28-22(18)32-11-13-6-8-26-9-7-13;/h1-5,10,12-13,26H,6-9,11H2,(H,30,31);1H. The van der Waals surface area contributed by atoms with Gasteiger partial charge in [-0.05, 0) is 56.1 Å². The van der Waals surface area contributed by atoms with Crippen molar-refractivity contribution in [3.63, 3.8) is 0 Å². The van der Waals surface area contributed by atoms with Crippen LogP contribution in [0.15, 0.2) is 42.9 Å². The van der Waals surface area contributed by atoms with E-state index < -0.39 is 34.6 Å². The number of anilines is 1. The Morgan fingerprint density at radius 2 is 1.82 bits per heavy atom. The van der Waals surface area contributed by atoms with Gasteiger partial charge in [0.1, 0.15) is 40.9 Å². The molecule has 0 saturated carbocycles. The molecule has 1 amide bonds. The smallest absolute Gasteiger partial charge is 0.274 e. The quantitative estimate of drug-likeness (QED) is 0.555. The van der Waals surface area contributed by atoms with Crippen molar-refractivity contribution >= 4 is 24.0 Å². The number of hydrogen-bond donors (Lipinski definition) is 2. The number of pyridine rings is 1. The maximum Gasteiger partial charge on any atom is 0.274 e. The number of aromatic nitrogens is 3. The van der Waals surface area contributed by atoms with Gasteiger partial charge in [-0.25, -0.2) is 23.1 Å². The summed E-state index contributed by atoms with van der Waals surface area (Å²) < 4.78 is 48.3. The minimum atomic E-state index is -0.987. The molecule has 3 aromatic rings. The van der Waals surface area contributed by atoms with Crippen LogP contribution in [0.25, 0.3) is 11.3 Å². The molecule has 1 aromatic carbocycles. The summed E-state index contributed by atoms with van der Waals surface area (Å²) in [5.41, 5.74) is -1.28. The first-order valence-corrected chi connectivity index (χ1v) is 10.1. The molecule has 0 bridgehead atoms. The molecule has 0 radical (unpaired) electrons. The number of halogens is 4. The van der Waals surface area contributed by atoms with Crippen molar-refractivity contribution < 1.29 is 22.7 Å². The van der Waals surface area contributed by atoms with Gasteiger partial charge in [0, 0.05) is 0 Å². The molecule has 0 atom stereocenters. The van der Waals surface area contributed by atoms with Crippen LogP contribution in [-0.4, -0.2) is 40.6 Å². The molecular formula is C22H21ClF3N5O2. The van der Waals surface area contributed by atoms with Crippen LogP contribution in [0.2, 0.25) is 0 Å². The summed E-state index contributed by atoms with van der Waals surface area (Å²) in [5.74, 6) is -3.11. The van der Waals surface area contributed by atoms with Crippen molar-refractivity contribution in [2.45, 2.75) is 12.8 Å². The molecular weight excluding hydrogens is 459 g/mol.